The molecule has 14 heavy (non-hydrogen) atoms. The van der Waals surface area contributed by atoms with Crippen molar-refractivity contribution in [3.63, 3.8) is 0 Å². The molecule has 0 saturated carbocycles. The lowest BCUT2D eigenvalue weighted by atomic mass is 9.91. The van der Waals surface area contributed by atoms with Crippen molar-refractivity contribution in [3.8, 4) is 0 Å². The first-order valence-corrected chi connectivity index (χ1v) is 4.52. The Bertz CT molecular complexity index is 304. The number of carbonyl (C=O) groups is 1. The molecule has 0 spiro atoms. The van der Waals surface area contributed by atoms with Crippen molar-refractivity contribution in [3.05, 3.63) is 35.9 Å². The highest BCUT2D eigenvalue weighted by molar-refractivity contribution is 5.66. The molecule has 1 rings (SSSR count). The molecule has 0 aromatic heterocycles. The average Bonchev–Trinajstić information content (AvgIpc) is 2.16. The first-order chi connectivity index (χ1) is 6.52. The van der Waals surface area contributed by atoms with E-state index in [0.717, 1.165) is 5.56 Å². The Balaban J connectivity index is 2.70. The van der Waals surface area contributed by atoms with Gasteiger partial charge >= 0.3 is 5.97 Å². The summed E-state index contributed by atoms with van der Waals surface area (Å²) in [5.74, 6) is -0.888. The molecular formula is C11H14O3. The molecule has 0 bridgehead atoms. The van der Waals surface area contributed by atoms with Crippen LogP contribution in [0.15, 0.2) is 30.3 Å². The standard InChI is InChI=1S/C11H14O3/c1-11(14,8-7-10(12)13)9-5-3-2-4-6-9/h2-6,14H,7-8H2,1H3,(H,12,13)/t11-/m0/s1. The Morgan fingerprint density at radius 2 is 1.93 bits per heavy atom. The second-order valence-corrected chi connectivity index (χ2v) is 3.53. The molecule has 0 heterocycles. The Morgan fingerprint density at radius 1 is 1.36 bits per heavy atom. The zero-order valence-electron chi connectivity index (χ0n) is 8.10. The van der Waals surface area contributed by atoms with Crippen molar-refractivity contribution >= 4 is 5.97 Å². The van der Waals surface area contributed by atoms with E-state index in [9.17, 15) is 9.90 Å². The van der Waals surface area contributed by atoms with Gasteiger partial charge in [-0.3, -0.25) is 4.79 Å². The molecule has 3 heteroatoms. The van der Waals surface area contributed by atoms with E-state index in [1.165, 1.54) is 0 Å². The summed E-state index contributed by atoms with van der Waals surface area (Å²) in [7, 11) is 0. The van der Waals surface area contributed by atoms with Crippen LogP contribution < -0.4 is 0 Å². The number of aliphatic hydroxyl groups is 1. The van der Waals surface area contributed by atoms with E-state index in [4.69, 9.17) is 5.11 Å². The maximum Gasteiger partial charge on any atom is 0.303 e. The first kappa shape index (κ1) is 10.7. The molecule has 1 atom stereocenters. The molecule has 76 valence electrons. The lowest BCUT2D eigenvalue weighted by Gasteiger charge is -2.22. The van der Waals surface area contributed by atoms with Gasteiger partial charge in [0.25, 0.3) is 0 Å². The van der Waals surface area contributed by atoms with Crippen LogP contribution in [0.4, 0.5) is 0 Å². The maximum absolute atomic E-state index is 10.4. The van der Waals surface area contributed by atoms with Gasteiger partial charge in [0.05, 0.1) is 5.60 Å². The monoisotopic (exact) mass is 194 g/mol. The summed E-state index contributed by atoms with van der Waals surface area (Å²) in [6.45, 7) is 1.63. The molecule has 3 nitrogen and oxygen atoms in total. The Kier molecular flexibility index (Phi) is 3.25. The van der Waals surface area contributed by atoms with Crippen molar-refractivity contribution in [1.29, 1.82) is 0 Å². The molecule has 0 aliphatic heterocycles. The van der Waals surface area contributed by atoms with Crippen LogP contribution in [0.25, 0.3) is 0 Å². The normalized spacial score (nSPS) is 14.7. The van der Waals surface area contributed by atoms with Crippen molar-refractivity contribution < 1.29 is 15.0 Å². The molecule has 1 aromatic rings. The molecule has 0 aliphatic carbocycles. The molecule has 0 unspecified atom stereocenters. The number of carboxylic acids is 1. The predicted octanol–water partition coefficient (Wildman–Crippen LogP) is 1.76. The van der Waals surface area contributed by atoms with Gasteiger partial charge in [0, 0.05) is 6.42 Å². The van der Waals surface area contributed by atoms with Gasteiger partial charge in [-0.1, -0.05) is 30.3 Å². The van der Waals surface area contributed by atoms with Crippen molar-refractivity contribution in [2.24, 2.45) is 0 Å². The molecule has 0 radical (unpaired) electrons. The summed E-state index contributed by atoms with van der Waals surface area (Å²) in [5.41, 5.74) is -0.305. The van der Waals surface area contributed by atoms with Crippen LogP contribution in [0.3, 0.4) is 0 Å². The molecule has 0 fully saturated rings. The van der Waals surface area contributed by atoms with Gasteiger partial charge in [0.15, 0.2) is 0 Å². The molecule has 2 N–H and O–H groups in total. The summed E-state index contributed by atoms with van der Waals surface area (Å²) in [6.07, 6.45) is 0.203. The Hall–Kier alpha value is -1.35. The van der Waals surface area contributed by atoms with Crippen LogP contribution in [0.5, 0.6) is 0 Å². The molecule has 0 saturated heterocycles. The summed E-state index contributed by atoms with van der Waals surface area (Å²) >= 11 is 0. The Labute approximate surface area is 83.0 Å². The number of carboxylic acid groups (broad SMARTS) is 1. The van der Waals surface area contributed by atoms with Crippen molar-refractivity contribution in [2.45, 2.75) is 25.4 Å². The van der Waals surface area contributed by atoms with Gasteiger partial charge in [0.2, 0.25) is 0 Å². The summed E-state index contributed by atoms with van der Waals surface area (Å²) in [6, 6.07) is 9.09. The fourth-order valence-electron chi connectivity index (χ4n) is 1.29. The highest BCUT2D eigenvalue weighted by Crippen LogP contribution is 2.25. The fourth-order valence-corrected chi connectivity index (χ4v) is 1.29. The lowest BCUT2D eigenvalue weighted by Crippen LogP contribution is -2.22. The predicted molar refractivity (Wildman–Crippen MR) is 52.9 cm³/mol. The van der Waals surface area contributed by atoms with Gasteiger partial charge in [-0.25, -0.2) is 0 Å². The molecule has 0 amide bonds. The van der Waals surface area contributed by atoms with E-state index in [2.05, 4.69) is 0 Å². The molecular weight excluding hydrogens is 180 g/mol. The topological polar surface area (TPSA) is 57.5 Å². The summed E-state index contributed by atoms with van der Waals surface area (Å²) < 4.78 is 0. The molecule has 1 aromatic carbocycles. The third-order valence-electron chi connectivity index (χ3n) is 2.22. The van der Waals surface area contributed by atoms with Crippen LogP contribution in [0.2, 0.25) is 0 Å². The molecule has 0 aliphatic rings. The highest BCUT2D eigenvalue weighted by atomic mass is 16.4. The maximum atomic E-state index is 10.4. The van der Waals surface area contributed by atoms with E-state index < -0.39 is 11.6 Å². The minimum atomic E-state index is -1.06. The van der Waals surface area contributed by atoms with Crippen molar-refractivity contribution in [2.75, 3.05) is 0 Å². The summed E-state index contributed by atoms with van der Waals surface area (Å²) in [4.78, 5) is 10.4. The van der Waals surface area contributed by atoms with Gasteiger partial charge in [0.1, 0.15) is 0 Å². The Morgan fingerprint density at radius 3 is 2.43 bits per heavy atom. The van der Waals surface area contributed by atoms with E-state index in [-0.39, 0.29) is 12.8 Å². The number of hydrogen-bond acceptors (Lipinski definition) is 2. The third kappa shape index (κ3) is 2.85. The van der Waals surface area contributed by atoms with Crippen LogP contribution in [-0.4, -0.2) is 16.2 Å². The van der Waals surface area contributed by atoms with E-state index >= 15 is 0 Å². The highest BCUT2D eigenvalue weighted by Gasteiger charge is 2.23. The van der Waals surface area contributed by atoms with E-state index in [1.54, 1.807) is 19.1 Å². The smallest absolute Gasteiger partial charge is 0.303 e. The second-order valence-electron chi connectivity index (χ2n) is 3.53. The van der Waals surface area contributed by atoms with Crippen molar-refractivity contribution in [1.82, 2.24) is 0 Å². The average molecular weight is 194 g/mol. The van der Waals surface area contributed by atoms with Crippen LogP contribution >= 0.6 is 0 Å². The first-order valence-electron chi connectivity index (χ1n) is 4.52. The number of aliphatic carboxylic acids is 1. The van der Waals surface area contributed by atoms with Crippen LogP contribution in [0, 0.1) is 0 Å². The van der Waals surface area contributed by atoms with Gasteiger partial charge < -0.3 is 10.2 Å². The van der Waals surface area contributed by atoms with Gasteiger partial charge in [-0.05, 0) is 18.9 Å². The van der Waals surface area contributed by atoms with Crippen LogP contribution in [0.1, 0.15) is 25.3 Å². The second kappa shape index (κ2) is 4.24. The largest absolute Gasteiger partial charge is 0.481 e. The number of benzene rings is 1. The van der Waals surface area contributed by atoms with Gasteiger partial charge in [-0.2, -0.15) is 0 Å². The fraction of sp³-hybridized carbons (Fsp3) is 0.364. The third-order valence-corrected chi connectivity index (χ3v) is 2.22. The summed E-state index contributed by atoms with van der Waals surface area (Å²) in [5, 5.41) is 18.5. The zero-order chi connectivity index (χ0) is 10.6. The minimum absolute atomic E-state index is 0.0259. The lowest BCUT2D eigenvalue weighted by molar-refractivity contribution is -0.138. The SMILES string of the molecule is C[C@](O)(CCC(=O)O)c1ccccc1. The minimum Gasteiger partial charge on any atom is -0.481 e. The van der Waals surface area contributed by atoms with Crippen LogP contribution in [-0.2, 0) is 10.4 Å². The quantitative estimate of drug-likeness (QED) is 0.767. The van der Waals surface area contributed by atoms with E-state index in [1.807, 2.05) is 18.2 Å². The van der Waals surface area contributed by atoms with Gasteiger partial charge in [-0.15, -0.1) is 0 Å². The zero-order valence-corrected chi connectivity index (χ0v) is 8.10. The number of hydrogen-bond donors (Lipinski definition) is 2. The number of rotatable bonds is 4. The van der Waals surface area contributed by atoms with E-state index in [0.29, 0.717) is 0 Å².